The predicted molar refractivity (Wildman–Crippen MR) is 102 cm³/mol. The van der Waals surface area contributed by atoms with Crippen molar-refractivity contribution in [3.05, 3.63) is 69.5 Å². The molecule has 2 aromatic carbocycles. The number of thiophene rings is 1. The van der Waals surface area contributed by atoms with Gasteiger partial charge in [-0.15, -0.1) is 11.3 Å². The van der Waals surface area contributed by atoms with Crippen LogP contribution in [0.5, 0.6) is 0 Å². The molecule has 6 heteroatoms. The van der Waals surface area contributed by atoms with Crippen molar-refractivity contribution < 1.29 is 4.79 Å². The van der Waals surface area contributed by atoms with Gasteiger partial charge in [-0.3, -0.25) is 4.79 Å². The van der Waals surface area contributed by atoms with E-state index in [4.69, 9.17) is 23.2 Å². The number of fused-ring (bicyclic) bond motifs is 2. The normalized spacial score (nSPS) is 11.1. The number of anilines is 1. The first-order chi connectivity index (χ1) is 11.6. The summed E-state index contributed by atoms with van der Waals surface area (Å²) in [6, 6.07) is 16.7. The van der Waals surface area contributed by atoms with Gasteiger partial charge in [0.25, 0.3) is 5.91 Å². The van der Waals surface area contributed by atoms with Gasteiger partial charge in [0.2, 0.25) is 0 Å². The fourth-order valence-corrected chi connectivity index (χ4v) is 3.95. The van der Waals surface area contributed by atoms with Crippen LogP contribution in [0, 0.1) is 0 Å². The number of pyridine rings is 1. The Labute approximate surface area is 151 Å². The molecular weight excluding hydrogens is 363 g/mol. The molecular formula is C18H10Cl2N2OS. The van der Waals surface area contributed by atoms with E-state index in [0.717, 1.165) is 21.1 Å². The van der Waals surface area contributed by atoms with Crippen LogP contribution < -0.4 is 5.32 Å². The summed E-state index contributed by atoms with van der Waals surface area (Å²) in [6.45, 7) is 0. The van der Waals surface area contributed by atoms with Crippen LogP contribution in [0.25, 0.3) is 21.1 Å². The van der Waals surface area contributed by atoms with Crippen LogP contribution in [0.1, 0.15) is 9.67 Å². The number of amides is 1. The van der Waals surface area contributed by atoms with Gasteiger partial charge in [0.15, 0.2) is 0 Å². The van der Waals surface area contributed by atoms with Crippen molar-refractivity contribution in [1.82, 2.24) is 4.98 Å². The van der Waals surface area contributed by atoms with Gasteiger partial charge in [-0.05, 0) is 36.4 Å². The Hall–Kier alpha value is -2.14. The lowest BCUT2D eigenvalue weighted by molar-refractivity contribution is 0.103. The summed E-state index contributed by atoms with van der Waals surface area (Å²) in [7, 11) is 0. The van der Waals surface area contributed by atoms with Crippen molar-refractivity contribution >= 4 is 67.3 Å². The van der Waals surface area contributed by atoms with Crippen molar-refractivity contribution in [2.75, 3.05) is 5.32 Å². The van der Waals surface area contributed by atoms with E-state index >= 15 is 0 Å². The van der Waals surface area contributed by atoms with Gasteiger partial charge in [-0.1, -0.05) is 41.4 Å². The number of nitrogens with zero attached hydrogens (tertiary/aromatic N) is 1. The summed E-state index contributed by atoms with van der Waals surface area (Å²) in [5.74, 6) is -0.208. The second kappa shape index (κ2) is 6.06. The molecule has 118 valence electrons. The topological polar surface area (TPSA) is 42.0 Å². The highest BCUT2D eigenvalue weighted by Gasteiger charge is 2.13. The minimum absolute atomic E-state index is 0.208. The van der Waals surface area contributed by atoms with Crippen molar-refractivity contribution in [1.29, 1.82) is 0 Å². The Morgan fingerprint density at radius 2 is 1.71 bits per heavy atom. The number of carbonyl (C=O) groups excluding carboxylic acids is 1. The summed E-state index contributed by atoms with van der Waals surface area (Å²) >= 11 is 13.3. The zero-order valence-corrected chi connectivity index (χ0v) is 14.5. The van der Waals surface area contributed by atoms with E-state index in [0.29, 0.717) is 20.6 Å². The molecule has 0 fully saturated rings. The Bertz CT molecular complexity index is 1020. The molecule has 1 amide bonds. The fraction of sp³-hybridized carbons (Fsp3) is 0. The molecule has 3 nitrogen and oxygen atoms in total. The lowest BCUT2D eigenvalue weighted by atomic mass is 10.2. The maximum atomic E-state index is 12.5. The van der Waals surface area contributed by atoms with E-state index in [-0.39, 0.29) is 5.91 Å². The molecule has 0 spiro atoms. The van der Waals surface area contributed by atoms with Gasteiger partial charge < -0.3 is 5.32 Å². The van der Waals surface area contributed by atoms with Crippen LogP contribution in [0.3, 0.4) is 0 Å². The van der Waals surface area contributed by atoms with Crippen molar-refractivity contribution in [2.45, 2.75) is 0 Å². The maximum Gasteiger partial charge on any atom is 0.265 e. The molecule has 0 aliphatic carbocycles. The number of aromatic nitrogens is 1. The number of carbonyl (C=O) groups is 1. The Balaban J connectivity index is 1.70. The molecule has 0 aliphatic rings. The van der Waals surface area contributed by atoms with Gasteiger partial charge in [-0.25, -0.2) is 4.98 Å². The first-order valence-corrected chi connectivity index (χ1v) is 8.72. The molecule has 2 aromatic heterocycles. The zero-order valence-electron chi connectivity index (χ0n) is 12.2. The number of benzene rings is 2. The first-order valence-electron chi connectivity index (χ1n) is 7.15. The minimum atomic E-state index is -0.208. The lowest BCUT2D eigenvalue weighted by Crippen LogP contribution is -2.09. The molecule has 24 heavy (non-hydrogen) atoms. The highest BCUT2D eigenvalue weighted by atomic mass is 35.5. The van der Waals surface area contributed by atoms with Gasteiger partial charge in [-0.2, -0.15) is 0 Å². The molecule has 0 saturated heterocycles. The van der Waals surface area contributed by atoms with E-state index in [1.54, 1.807) is 18.2 Å². The molecule has 0 atom stereocenters. The monoisotopic (exact) mass is 372 g/mol. The van der Waals surface area contributed by atoms with Crippen LogP contribution >= 0.6 is 34.5 Å². The SMILES string of the molecule is O=C(Nc1cc(Cl)cc(Cl)c1)c1cc2cc3ccccc3nc2s1. The number of para-hydroxylation sites is 1. The fourth-order valence-electron chi connectivity index (χ4n) is 2.51. The average Bonchev–Trinajstić information content (AvgIpc) is 2.94. The molecule has 0 bridgehead atoms. The summed E-state index contributed by atoms with van der Waals surface area (Å²) < 4.78 is 0. The van der Waals surface area contributed by atoms with Gasteiger partial charge in [0.05, 0.1) is 10.4 Å². The maximum absolute atomic E-state index is 12.5. The van der Waals surface area contributed by atoms with Gasteiger partial charge >= 0.3 is 0 Å². The third-order valence-electron chi connectivity index (χ3n) is 3.55. The lowest BCUT2D eigenvalue weighted by Gasteiger charge is -2.04. The third kappa shape index (κ3) is 2.96. The Morgan fingerprint density at radius 1 is 0.958 bits per heavy atom. The zero-order chi connectivity index (χ0) is 16.7. The highest BCUT2D eigenvalue weighted by Crippen LogP contribution is 2.29. The largest absolute Gasteiger partial charge is 0.321 e. The summed E-state index contributed by atoms with van der Waals surface area (Å²) in [5.41, 5.74) is 1.48. The summed E-state index contributed by atoms with van der Waals surface area (Å²) in [6.07, 6.45) is 0. The second-order valence-electron chi connectivity index (χ2n) is 5.30. The quantitative estimate of drug-likeness (QED) is 0.468. The summed E-state index contributed by atoms with van der Waals surface area (Å²) in [4.78, 5) is 18.5. The molecule has 0 saturated carbocycles. The van der Waals surface area contributed by atoms with E-state index in [1.807, 2.05) is 36.4 Å². The molecule has 4 rings (SSSR count). The van der Waals surface area contributed by atoms with Crippen LogP contribution in [0.2, 0.25) is 10.0 Å². The van der Waals surface area contributed by atoms with E-state index in [9.17, 15) is 4.79 Å². The summed E-state index contributed by atoms with van der Waals surface area (Å²) in [5, 5.41) is 5.77. The molecule has 4 aromatic rings. The Morgan fingerprint density at radius 3 is 2.50 bits per heavy atom. The van der Waals surface area contributed by atoms with Gasteiger partial charge in [0, 0.05) is 26.5 Å². The number of nitrogens with one attached hydrogen (secondary N) is 1. The highest BCUT2D eigenvalue weighted by molar-refractivity contribution is 7.20. The predicted octanol–water partition coefficient (Wildman–Crippen LogP) is 6.01. The van der Waals surface area contributed by atoms with Gasteiger partial charge in [0.1, 0.15) is 4.83 Å². The molecule has 0 radical (unpaired) electrons. The standard InChI is InChI=1S/C18H10Cl2N2OS/c19-12-7-13(20)9-14(8-12)21-17(23)16-6-11-5-10-3-1-2-4-15(10)22-18(11)24-16/h1-9H,(H,21,23). The molecule has 0 aliphatic heterocycles. The van der Waals surface area contributed by atoms with Crippen LogP contribution in [0.15, 0.2) is 54.6 Å². The number of hydrogen-bond acceptors (Lipinski definition) is 3. The average molecular weight is 373 g/mol. The minimum Gasteiger partial charge on any atom is -0.321 e. The van der Waals surface area contributed by atoms with Crippen molar-refractivity contribution in [2.24, 2.45) is 0 Å². The Kier molecular flexibility index (Phi) is 3.88. The smallest absolute Gasteiger partial charge is 0.265 e. The van der Waals surface area contributed by atoms with Crippen molar-refractivity contribution in [3.63, 3.8) is 0 Å². The van der Waals surface area contributed by atoms with E-state index < -0.39 is 0 Å². The third-order valence-corrected chi connectivity index (χ3v) is 5.03. The van der Waals surface area contributed by atoms with Crippen molar-refractivity contribution in [3.8, 4) is 0 Å². The van der Waals surface area contributed by atoms with Crippen LogP contribution in [0.4, 0.5) is 5.69 Å². The number of hydrogen-bond donors (Lipinski definition) is 1. The molecule has 0 unspecified atom stereocenters. The number of halogens is 2. The number of rotatable bonds is 2. The second-order valence-corrected chi connectivity index (χ2v) is 7.20. The van der Waals surface area contributed by atoms with E-state index in [1.165, 1.54) is 11.3 Å². The van der Waals surface area contributed by atoms with Crippen LogP contribution in [-0.2, 0) is 0 Å². The molecule has 2 heterocycles. The van der Waals surface area contributed by atoms with Crippen LogP contribution in [-0.4, -0.2) is 10.9 Å². The van der Waals surface area contributed by atoms with E-state index in [2.05, 4.69) is 10.3 Å². The first kappa shape index (κ1) is 15.4. The molecule has 1 N–H and O–H groups in total.